The highest BCUT2D eigenvalue weighted by Gasteiger charge is 2.35. The Morgan fingerprint density at radius 1 is 1.57 bits per heavy atom. The summed E-state index contributed by atoms with van der Waals surface area (Å²) in [5.74, 6) is 0.852. The van der Waals surface area contributed by atoms with Crippen LogP contribution in [-0.4, -0.2) is 27.8 Å². The summed E-state index contributed by atoms with van der Waals surface area (Å²) in [5.41, 5.74) is -0.791. The Kier molecular flexibility index (Phi) is 2.88. The fourth-order valence-electron chi connectivity index (χ4n) is 1.03. The number of nitrogens with one attached hydrogen (secondary N) is 1. The van der Waals surface area contributed by atoms with Crippen LogP contribution in [0.1, 0.15) is 32.4 Å². The topological polar surface area (TPSA) is 67.9 Å². The van der Waals surface area contributed by atoms with Crippen molar-refractivity contribution in [3.05, 3.63) is 11.6 Å². The van der Waals surface area contributed by atoms with Gasteiger partial charge in [0.05, 0.1) is 6.61 Å². The van der Waals surface area contributed by atoms with Crippen molar-refractivity contribution in [2.24, 2.45) is 0 Å². The highest BCUT2D eigenvalue weighted by atomic mass is 16.5. The van der Waals surface area contributed by atoms with Crippen LogP contribution in [-0.2, 0) is 14.9 Å². The van der Waals surface area contributed by atoms with E-state index in [0.29, 0.717) is 18.3 Å². The number of hydrogen-bond acceptors (Lipinski definition) is 4. The van der Waals surface area contributed by atoms with E-state index in [2.05, 4.69) is 15.2 Å². The molecule has 0 aliphatic heterocycles. The average molecular weight is 197 g/mol. The number of hydrogen-bond donors (Lipinski definition) is 1. The molecule has 5 heteroatoms. The Morgan fingerprint density at radius 2 is 2.21 bits per heavy atom. The summed E-state index contributed by atoms with van der Waals surface area (Å²) in [7, 11) is 0. The minimum atomic E-state index is -0.791. The van der Waals surface area contributed by atoms with Gasteiger partial charge < -0.3 is 4.74 Å². The molecule has 5 nitrogen and oxygen atoms in total. The lowest BCUT2D eigenvalue weighted by Crippen LogP contribution is -2.32. The summed E-state index contributed by atoms with van der Waals surface area (Å²) in [4.78, 5) is 15.7. The second-order valence-corrected chi connectivity index (χ2v) is 3.59. The van der Waals surface area contributed by atoms with Gasteiger partial charge in [0.25, 0.3) is 0 Å². The normalized spacial score (nSPS) is 11.4. The molecule has 1 aromatic rings. The van der Waals surface area contributed by atoms with Gasteiger partial charge in [0, 0.05) is 0 Å². The maximum Gasteiger partial charge on any atom is 0.319 e. The first-order valence-electron chi connectivity index (χ1n) is 4.55. The molecular formula is C9H15N3O2. The van der Waals surface area contributed by atoms with Crippen LogP contribution in [0.4, 0.5) is 0 Å². The van der Waals surface area contributed by atoms with E-state index in [0.717, 1.165) is 0 Å². The fourth-order valence-corrected chi connectivity index (χ4v) is 1.03. The van der Waals surface area contributed by atoms with Crippen LogP contribution in [0.5, 0.6) is 0 Å². The van der Waals surface area contributed by atoms with Gasteiger partial charge in [-0.3, -0.25) is 9.89 Å². The minimum Gasteiger partial charge on any atom is -0.465 e. The molecule has 0 aliphatic rings. The Labute approximate surface area is 82.9 Å². The van der Waals surface area contributed by atoms with Crippen molar-refractivity contribution >= 4 is 5.97 Å². The largest absolute Gasteiger partial charge is 0.465 e. The molecular weight excluding hydrogens is 182 g/mol. The summed E-state index contributed by atoms with van der Waals surface area (Å²) < 4.78 is 4.94. The van der Waals surface area contributed by atoms with Crippen LogP contribution in [0, 0.1) is 6.92 Å². The molecule has 0 spiro atoms. The number of aryl methyl sites for hydroxylation is 1. The standard InChI is InChI=1S/C9H15N3O2/c1-5-14-8(13)9(3,4)7-10-6(2)11-12-7/h5H2,1-4H3,(H,10,11,12). The van der Waals surface area contributed by atoms with Gasteiger partial charge in [0.15, 0.2) is 5.82 Å². The Hall–Kier alpha value is -1.39. The number of carbonyl (C=O) groups is 1. The van der Waals surface area contributed by atoms with E-state index >= 15 is 0 Å². The summed E-state index contributed by atoms with van der Waals surface area (Å²) >= 11 is 0. The molecule has 0 aliphatic carbocycles. The summed E-state index contributed by atoms with van der Waals surface area (Å²) in [5, 5.41) is 6.66. The van der Waals surface area contributed by atoms with E-state index in [-0.39, 0.29) is 5.97 Å². The average Bonchev–Trinajstić information content (AvgIpc) is 2.52. The second-order valence-electron chi connectivity index (χ2n) is 3.59. The van der Waals surface area contributed by atoms with Crippen molar-refractivity contribution in [3.63, 3.8) is 0 Å². The van der Waals surface area contributed by atoms with Crippen LogP contribution in [0.25, 0.3) is 0 Å². The highest BCUT2D eigenvalue weighted by Crippen LogP contribution is 2.20. The predicted molar refractivity (Wildman–Crippen MR) is 50.8 cm³/mol. The van der Waals surface area contributed by atoms with Gasteiger partial charge >= 0.3 is 5.97 Å². The summed E-state index contributed by atoms with van der Waals surface area (Å²) in [6.45, 7) is 7.42. The first kappa shape index (κ1) is 10.7. The number of nitrogens with zero attached hydrogens (tertiary/aromatic N) is 2. The zero-order valence-electron chi connectivity index (χ0n) is 8.92. The van der Waals surface area contributed by atoms with E-state index < -0.39 is 5.41 Å². The monoisotopic (exact) mass is 197 g/mol. The first-order valence-corrected chi connectivity index (χ1v) is 4.55. The number of carbonyl (C=O) groups excluding carboxylic acids is 1. The second kappa shape index (κ2) is 3.77. The van der Waals surface area contributed by atoms with Crippen LogP contribution in [0.2, 0.25) is 0 Å². The molecule has 0 saturated heterocycles. The van der Waals surface area contributed by atoms with Crippen molar-refractivity contribution in [1.82, 2.24) is 15.2 Å². The van der Waals surface area contributed by atoms with E-state index in [1.807, 2.05) is 0 Å². The predicted octanol–water partition coefficient (Wildman–Crippen LogP) is 0.954. The molecule has 1 N–H and O–H groups in total. The zero-order valence-corrected chi connectivity index (χ0v) is 8.92. The van der Waals surface area contributed by atoms with Gasteiger partial charge in [-0.1, -0.05) is 0 Å². The zero-order chi connectivity index (χ0) is 10.8. The fraction of sp³-hybridized carbons (Fsp3) is 0.667. The molecule has 0 radical (unpaired) electrons. The SMILES string of the molecule is CCOC(=O)C(C)(C)c1n[nH]c(C)n1. The number of aromatic nitrogens is 3. The van der Waals surface area contributed by atoms with Crippen molar-refractivity contribution < 1.29 is 9.53 Å². The molecule has 1 heterocycles. The van der Waals surface area contributed by atoms with Gasteiger partial charge in [-0.25, -0.2) is 4.98 Å². The van der Waals surface area contributed by atoms with Crippen LogP contribution < -0.4 is 0 Å². The Bertz CT molecular complexity index is 331. The lowest BCUT2D eigenvalue weighted by atomic mass is 9.93. The van der Waals surface area contributed by atoms with Crippen molar-refractivity contribution in [2.75, 3.05) is 6.61 Å². The third kappa shape index (κ3) is 1.92. The van der Waals surface area contributed by atoms with E-state index in [1.54, 1.807) is 27.7 Å². The molecule has 0 unspecified atom stereocenters. The molecule has 0 atom stereocenters. The van der Waals surface area contributed by atoms with Crippen molar-refractivity contribution in [2.45, 2.75) is 33.1 Å². The first-order chi connectivity index (χ1) is 6.48. The molecule has 0 fully saturated rings. The van der Waals surface area contributed by atoms with Crippen LogP contribution >= 0.6 is 0 Å². The molecule has 0 saturated carbocycles. The number of rotatable bonds is 3. The van der Waals surface area contributed by atoms with Gasteiger partial charge in [0.1, 0.15) is 11.2 Å². The van der Waals surface area contributed by atoms with E-state index in [9.17, 15) is 4.79 Å². The van der Waals surface area contributed by atoms with E-state index in [1.165, 1.54) is 0 Å². The Balaban J connectivity index is 2.89. The summed E-state index contributed by atoms with van der Waals surface area (Å²) in [6, 6.07) is 0. The lowest BCUT2D eigenvalue weighted by Gasteiger charge is -2.18. The van der Waals surface area contributed by atoms with Crippen molar-refractivity contribution in [1.29, 1.82) is 0 Å². The maximum atomic E-state index is 11.6. The maximum absolute atomic E-state index is 11.6. The molecule has 0 aromatic carbocycles. The molecule has 78 valence electrons. The number of ether oxygens (including phenoxy) is 1. The number of esters is 1. The Morgan fingerprint density at radius 3 is 2.64 bits per heavy atom. The number of aromatic amines is 1. The third-order valence-electron chi connectivity index (χ3n) is 1.94. The quantitative estimate of drug-likeness (QED) is 0.732. The summed E-state index contributed by atoms with van der Waals surface area (Å²) in [6.07, 6.45) is 0. The van der Waals surface area contributed by atoms with Crippen LogP contribution in [0.15, 0.2) is 0 Å². The molecule has 0 amide bonds. The molecule has 14 heavy (non-hydrogen) atoms. The lowest BCUT2D eigenvalue weighted by molar-refractivity contribution is -0.149. The van der Waals surface area contributed by atoms with Gasteiger partial charge in [0.2, 0.25) is 0 Å². The van der Waals surface area contributed by atoms with E-state index in [4.69, 9.17) is 4.74 Å². The van der Waals surface area contributed by atoms with Crippen molar-refractivity contribution in [3.8, 4) is 0 Å². The minimum absolute atomic E-state index is 0.306. The molecule has 0 bridgehead atoms. The van der Waals surface area contributed by atoms with Gasteiger partial charge in [-0.05, 0) is 27.7 Å². The molecule has 1 aromatic heterocycles. The molecule has 1 rings (SSSR count). The van der Waals surface area contributed by atoms with Gasteiger partial charge in [-0.2, -0.15) is 5.10 Å². The number of H-pyrrole nitrogens is 1. The smallest absolute Gasteiger partial charge is 0.319 e. The van der Waals surface area contributed by atoms with Crippen LogP contribution in [0.3, 0.4) is 0 Å². The highest BCUT2D eigenvalue weighted by molar-refractivity contribution is 5.80. The third-order valence-corrected chi connectivity index (χ3v) is 1.94. The van der Waals surface area contributed by atoms with Gasteiger partial charge in [-0.15, -0.1) is 0 Å².